The second kappa shape index (κ2) is 10.3. The second-order valence-electron chi connectivity index (χ2n) is 12.3. The molecule has 0 spiro atoms. The van der Waals surface area contributed by atoms with Gasteiger partial charge >= 0.3 is 0 Å². The topological polar surface area (TPSA) is 28.7 Å². The Morgan fingerprint density at radius 1 is 0.574 bits per heavy atom. The van der Waals surface area contributed by atoms with Crippen LogP contribution in [0.3, 0.4) is 0 Å². The van der Waals surface area contributed by atoms with Gasteiger partial charge in [-0.3, -0.25) is 0 Å². The molecule has 0 bridgehead atoms. The number of hydrogen-bond acceptors (Lipinski definition) is 3. The molecule has 0 atom stereocenters. The first-order valence-electron chi connectivity index (χ1n) is 16.0. The smallest absolute Gasteiger partial charge is 0.0998 e. The van der Waals surface area contributed by atoms with Crippen molar-refractivity contribution in [3.63, 3.8) is 0 Å². The summed E-state index contributed by atoms with van der Waals surface area (Å²) in [5.41, 5.74) is 8.72. The molecule has 3 heterocycles. The molecule has 10 rings (SSSR count). The van der Waals surface area contributed by atoms with Crippen LogP contribution in [0, 0.1) is 11.3 Å². The van der Waals surface area contributed by atoms with Crippen LogP contribution in [0.2, 0.25) is 0 Å². The molecular formula is C43H26N2S2. The van der Waals surface area contributed by atoms with Crippen LogP contribution in [-0.2, 0) is 0 Å². The van der Waals surface area contributed by atoms with E-state index in [1.165, 1.54) is 62.3 Å². The Morgan fingerprint density at radius 3 is 1.87 bits per heavy atom. The number of para-hydroxylation sites is 2. The lowest BCUT2D eigenvalue weighted by Gasteiger charge is -2.15. The highest BCUT2D eigenvalue weighted by Gasteiger charge is 2.19. The molecule has 3 aromatic heterocycles. The van der Waals surface area contributed by atoms with Gasteiger partial charge in [0.15, 0.2) is 0 Å². The minimum absolute atomic E-state index is 0.675. The molecule has 1 aliphatic carbocycles. The molecule has 4 heteroatoms. The van der Waals surface area contributed by atoms with E-state index in [-0.39, 0.29) is 0 Å². The Morgan fingerprint density at radius 2 is 1.21 bits per heavy atom. The standard InChI is InChI=1S/C43H26N2S2/c44-25-29-11-8-16-38(45-36-14-6-4-12-30(36)31-13-5-7-15-37(31)45)43(29)28-18-20-40-33(22-28)35-23-34-32-21-27(26-9-2-1-3-10-26)17-19-39(32)46-41(34)24-42(35)47-40/h1-2,4-9,11-24H,3,10H2. The molecule has 9 aromatic rings. The van der Waals surface area contributed by atoms with Crippen molar-refractivity contribution in [2.45, 2.75) is 12.8 Å². The summed E-state index contributed by atoms with van der Waals surface area (Å²) in [6, 6.07) is 44.3. The first-order valence-corrected chi connectivity index (χ1v) is 17.6. The minimum atomic E-state index is 0.675. The molecule has 0 fully saturated rings. The van der Waals surface area contributed by atoms with Crippen molar-refractivity contribution in [2.75, 3.05) is 0 Å². The summed E-state index contributed by atoms with van der Waals surface area (Å²) in [6.45, 7) is 0. The van der Waals surface area contributed by atoms with Crippen molar-refractivity contribution in [1.82, 2.24) is 4.57 Å². The van der Waals surface area contributed by atoms with Crippen LogP contribution < -0.4 is 0 Å². The maximum atomic E-state index is 10.4. The summed E-state index contributed by atoms with van der Waals surface area (Å²) >= 11 is 3.73. The summed E-state index contributed by atoms with van der Waals surface area (Å²) in [7, 11) is 0. The van der Waals surface area contributed by atoms with Crippen LogP contribution in [0.15, 0.2) is 133 Å². The Hall–Kier alpha value is -5.47. The van der Waals surface area contributed by atoms with Crippen LogP contribution in [0.1, 0.15) is 24.0 Å². The van der Waals surface area contributed by atoms with Gasteiger partial charge in [0, 0.05) is 56.7 Å². The number of nitrogens with zero attached hydrogens (tertiary/aromatic N) is 2. The lowest BCUT2D eigenvalue weighted by Crippen LogP contribution is -1.99. The van der Waals surface area contributed by atoms with Crippen LogP contribution in [0.5, 0.6) is 0 Å². The zero-order valence-corrected chi connectivity index (χ0v) is 27.0. The van der Waals surface area contributed by atoms with Crippen molar-refractivity contribution in [2.24, 2.45) is 0 Å². The molecule has 47 heavy (non-hydrogen) atoms. The van der Waals surface area contributed by atoms with E-state index in [9.17, 15) is 5.26 Å². The number of fused-ring (bicyclic) bond motifs is 9. The minimum Gasteiger partial charge on any atom is -0.309 e. The molecule has 0 saturated heterocycles. The van der Waals surface area contributed by atoms with E-state index in [0.717, 1.165) is 40.7 Å². The molecule has 0 saturated carbocycles. The highest BCUT2D eigenvalue weighted by atomic mass is 32.1. The van der Waals surface area contributed by atoms with Crippen molar-refractivity contribution in [3.8, 4) is 22.9 Å². The summed E-state index contributed by atoms with van der Waals surface area (Å²) < 4.78 is 7.55. The molecule has 0 unspecified atom stereocenters. The fraction of sp³-hybridized carbons (Fsp3) is 0.0465. The zero-order chi connectivity index (χ0) is 31.1. The molecular weight excluding hydrogens is 609 g/mol. The van der Waals surface area contributed by atoms with Gasteiger partial charge in [0.2, 0.25) is 0 Å². The maximum absolute atomic E-state index is 10.4. The van der Waals surface area contributed by atoms with E-state index in [2.05, 4.69) is 132 Å². The second-order valence-corrected chi connectivity index (χ2v) is 14.5. The van der Waals surface area contributed by atoms with Crippen molar-refractivity contribution in [1.29, 1.82) is 5.26 Å². The monoisotopic (exact) mass is 634 g/mol. The molecule has 6 aromatic carbocycles. The summed E-state index contributed by atoms with van der Waals surface area (Å²) in [5.74, 6) is 0. The quantitative estimate of drug-likeness (QED) is 0.190. The number of thiophene rings is 2. The fourth-order valence-corrected chi connectivity index (χ4v) is 9.84. The van der Waals surface area contributed by atoms with Crippen molar-refractivity contribution < 1.29 is 0 Å². The number of nitriles is 1. The zero-order valence-electron chi connectivity index (χ0n) is 25.3. The first kappa shape index (κ1) is 26.7. The van der Waals surface area contributed by atoms with E-state index in [0.29, 0.717) is 5.56 Å². The number of aromatic nitrogens is 1. The maximum Gasteiger partial charge on any atom is 0.0998 e. The molecule has 1 aliphatic rings. The number of benzene rings is 6. The molecule has 0 N–H and O–H groups in total. The van der Waals surface area contributed by atoms with E-state index in [4.69, 9.17) is 0 Å². The fourth-order valence-electron chi connectivity index (χ4n) is 7.55. The highest BCUT2D eigenvalue weighted by Crippen LogP contribution is 2.45. The average molecular weight is 635 g/mol. The van der Waals surface area contributed by atoms with Crippen molar-refractivity contribution >= 4 is 90.4 Å². The molecule has 2 nitrogen and oxygen atoms in total. The predicted molar refractivity (Wildman–Crippen MR) is 203 cm³/mol. The van der Waals surface area contributed by atoms with Gasteiger partial charge in [-0.2, -0.15) is 5.26 Å². The first-order chi connectivity index (χ1) is 23.2. The number of rotatable bonds is 3. The third kappa shape index (κ3) is 4.01. The van der Waals surface area contributed by atoms with Gasteiger partial charge in [-0.05, 0) is 90.2 Å². The van der Waals surface area contributed by atoms with Gasteiger partial charge in [-0.1, -0.05) is 72.8 Å². The normalized spacial score (nSPS) is 13.4. The van der Waals surface area contributed by atoms with Gasteiger partial charge in [-0.25, -0.2) is 0 Å². The van der Waals surface area contributed by atoms with Gasteiger partial charge in [0.1, 0.15) is 0 Å². The van der Waals surface area contributed by atoms with Crippen LogP contribution in [-0.4, -0.2) is 4.57 Å². The van der Waals surface area contributed by atoms with Gasteiger partial charge in [-0.15, -0.1) is 22.7 Å². The van der Waals surface area contributed by atoms with E-state index < -0.39 is 0 Å². The average Bonchev–Trinajstić information content (AvgIpc) is 3.78. The third-order valence-electron chi connectivity index (χ3n) is 9.72. The van der Waals surface area contributed by atoms with E-state index in [1.807, 2.05) is 34.8 Å². The lowest BCUT2D eigenvalue weighted by molar-refractivity contribution is 1.05. The molecule has 0 amide bonds. The van der Waals surface area contributed by atoms with Crippen LogP contribution in [0.4, 0.5) is 0 Å². The summed E-state index contributed by atoms with van der Waals surface area (Å²) in [6.07, 6.45) is 8.89. The predicted octanol–water partition coefficient (Wildman–Crippen LogP) is 12.8. The molecule has 0 aliphatic heterocycles. The lowest BCUT2D eigenvalue weighted by atomic mass is 9.95. The third-order valence-corrected chi connectivity index (χ3v) is 12.0. The Balaban J connectivity index is 1.21. The Bertz CT molecular complexity index is 2810. The number of allylic oxidation sites excluding steroid dienone is 4. The SMILES string of the molecule is N#Cc1cccc(-n2c3ccccc3c3ccccc32)c1-c1ccc2sc3cc4sc5ccc(C6=CC=CCC6)cc5c4cc3c2c1. The van der Waals surface area contributed by atoms with Gasteiger partial charge in [0.25, 0.3) is 0 Å². The van der Waals surface area contributed by atoms with E-state index in [1.54, 1.807) is 0 Å². The molecule has 0 radical (unpaired) electrons. The van der Waals surface area contributed by atoms with Crippen LogP contribution in [0.25, 0.3) is 84.5 Å². The van der Waals surface area contributed by atoms with E-state index >= 15 is 0 Å². The largest absolute Gasteiger partial charge is 0.309 e. The Kier molecular flexibility index (Phi) is 5.84. The highest BCUT2D eigenvalue weighted by molar-refractivity contribution is 7.28. The van der Waals surface area contributed by atoms with Crippen molar-refractivity contribution in [3.05, 3.63) is 145 Å². The number of hydrogen-bond donors (Lipinski definition) is 0. The molecule has 220 valence electrons. The summed E-state index contributed by atoms with van der Waals surface area (Å²) in [4.78, 5) is 0. The Labute approximate surface area is 279 Å². The van der Waals surface area contributed by atoms with Crippen LogP contribution >= 0.6 is 22.7 Å². The summed E-state index contributed by atoms with van der Waals surface area (Å²) in [5, 5.41) is 18.0. The van der Waals surface area contributed by atoms with Gasteiger partial charge < -0.3 is 4.57 Å². The van der Waals surface area contributed by atoms with Gasteiger partial charge in [0.05, 0.1) is 28.4 Å².